The van der Waals surface area contributed by atoms with Gasteiger partial charge in [-0.3, -0.25) is 24.0 Å². The van der Waals surface area contributed by atoms with Gasteiger partial charge in [0.05, 0.1) is 32.4 Å². The van der Waals surface area contributed by atoms with Gasteiger partial charge in [-0.2, -0.15) is 5.06 Å². The Morgan fingerprint density at radius 3 is 2.33 bits per heavy atom. The van der Waals surface area contributed by atoms with Gasteiger partial charge in [0, 0.05) is 38.6 Å². The predicted octanol–water partition coefficient (Wildman–Crippen LogP) is 2.06. The molecular formula is C48H73N3O16. The van der Waals surface area contributed by atoms with Gasteiger partial charge in [0.15, 0.2) is 18.1 Å². The molecule has 4 saturated heterocycles. The minimum absolute atomic E-state index is 0.00820. The number of aliphatic hydroxyl groups is 5. The molecular weight excluding hydrogens is 875 g/mol. The van der Waals surface area contributed by atoms with E-state index in [4.69, 9.17) is 33.3 Å². The second kappa shape index (κ2) is 23.3. The molecule has 1 aliphatic carbocycles. The van der Waals surface area contributed by atoms with E-state index in [-0.39, 0.29) is 45.4 Å². The summed E-state index contributed by atoms with van der Waals surface area (Å²) in [5.41, 5.74) is -0.754. The molecule has 5 fully saturated rings. The van der Waals surface area contributed by atoms with Crippen molar-refractivity contribution in [1.29, 1.82) is 0 Å². The molecule has 0 spiro atoms. The summed E-state index contributed by atoms with van der Waals surface area (Å²) in [5.74, 6) is -3.02. The monoisotopic (exact) mass is 947 g/mol. The maximum atomic E-state index is 14.9. The molecule has 0 radical (unpaired) electrons. The number of unbranched alkanes of at least 4 members (excludes halogenated alkanes) is 4. The molecule has 19 heteroatoms. The van der Waals surface area contributed by atoms with Gasteiger partial charge in [-0.1, -0.05) is 75.9 Å². The van der Waals surface area contributed by atoms with E-state index in [9.17, 15) is 44.7 Å². The Balaban J connectivity index is 1.21. The van der Waals surface area contributed by atoms with Gasteiger partial charge in [0.1, 0.15) is 59.8 Å². The number of hydroxylamine groups is 2. The van der Waals surface area contributed by atoms with E-state index >= 15 is 0 Å². The largest absolute Gasteiger partial charge is 0.460 e. The van der Waals surface area contributed by atoms with Crippen molar-refractivity contribution in [2.24, 2.45) is 5.41 Å². The number of esters is 2. The zero-order chi connectivity index (χ0) is 48.5. The van der Waals surface area contributed by atoms with E-state index in [1.54, 1.807) is 32.9 Å². The van der Waals surface area contributed by atoms with Crippen molar-refractivity contribution < 1.29 is 78.0 Å². The second-order valence-corrected chi connectivity index (χ2v) is 19.4. The lowest BCUT2D eigenvalue weighted by Gasteiger charge is -2.48. The maximum Gasteiger partial charge on any atom is 0.327 e. The van der Waals surface area contributed by atoms with Gasteiger partial charge < -0.3 is 64.6 Å². The molecule has 5 aliphatic rings. The number of nitrogens with one attached hydrogen (secondary N) is 2. The van der Waals surface area contributed by atoms with Crippen LogP contribution < -0.4 is 10.6 Å². The van der Waals surface area contributed by atoms with E-state index in [1.165, 1.54) is 5.06 Å². The summed E-state index contributed by atoms with van der Waals surface area (Å²) in [5, 5.41) is 57.4. The molecule has 4 heterocycles. The first-order valence-electron chi connectivity index (χ1n) is 24.1. The number of benzene rings is 1. The van der Waals surface area contributed by atoms with E-state index in [2.05, 4.69) is 24.5 Å². The highest BCUT2D eigenvalue weighted by atomic mass is 16.8. The number of nitrogens with zero attached hydrogens (tertiary/aromatic N) is 1. The topological polar surface area (TPSA) is 261 Å². The molecule has 1 saturated carbocycles. The minimum atomic E-state index is -1.58. The fraction of sp³-hybridized carbons (Fsp3) is 0.750. The standard InChI is InChI=1S/C48H73N3O16/c1-6-8-12-21-47(22-13-9-7-2)65-39-32-25-48(45(60)49-23-20-34(54)50-31(27-52)18-19-35(55)64-46(3,4)5)41(43(59)62-32)51(67-42(48)40(39)66-47)26-30-16-11-10-15-29(30)17-14-24-61-44-38(58)37(57)36(56)33(28-53)63-44/h10-11,14-17,31-33,36-42,44,52-53,56-58H,6-9,12-13,18-28H2,1-5H3,(H,49,60)(H,50,54)/t31-,32+,33+,36-,37-,38+,39-,40-,41+,42+,44-,48+/m0/s1. The Labute approximate surface area is 392 Å². The van der Waals surface area contributed by atoms with Crippen molar-refractivity contribution in [2.75, 3.05) is 26.4 Å². The molecule has 0 unspecified atom stereocenters. The van der Waals surface area contributed by atoms with Crippen LogP contribution >= 0.6 is 0 Å². The zero-order valence-electron chi connectivity index (χ0n) is 39.5. The Morgan fingerprint density at radius 2 is 1.66 bits per heavy atom. The summed E-state index contributed by atoms with van der Waals surface area (Å²) < 4.78 is 36.5. The molecule has 1 aromatic rings. The normalized spacial score (nSPS) is 31.6. The summed E-state index contributed by atoms with van der Waals surface area (Å²) in [6.07, 6.45) is 0.0606. The number of hydrogen-bond acceptors (Lipinski definition) is 17. The number of aliphatic hydroxyl groups excluding tert-OH is 5. The van der Waals surface area contributed by atoms with Crippen LogP contribution in [-0.4, -0.2) is 159 Å². The van der Waals surface area contributed by atoms with Crippen molar-refractivity contribution in [3.8, 4) is 0 Å². The molecule has 0 aromatic heterocycles. The van der Waals surface area contributed by atoms with Gasteiger partial charge in [0.2, 0.25) is 11.8 Å². The Kier molecular flexibility index (Phi) is 18.4. The Hall–Kier alpha value is -3.60. The highest BCUT2D eigenvalue weighted by Gasteiger charge is 2.76. The van der Waals surface area contributed by atoms with Gasteiger partial charge >= 0.3 is 11.9 Å². The van der Waals surface area contributed by atoms with Crippen LogP contribution in [-0.2, 0) is 59.0 Å². The van der Waals surface area contributed by atoms with Crippen LogP contribution in [0.25, 0.3) is 6.08 Å². The van der Waals surface area contributed by atoms with Crippen LogP contribution in [0, 0.1) is 5.41 Å². The number of carbonyl (C=O) groups is 4. The van der Waals surface area contributed by atoms with Crippen LogP contribution in [0.4, 0.5) is 0 Å². The van der Waals surface area contributed by atoms with Crippen molar-refractivity contribution in [3.63, 3.8) is 0 Å². The molecule has 2 bridgehead atoms. The van der Waals surface area contributed by atoms with E-state index in [1.807, 2.05) is 24.3 Å². The van der Waals surface area contributed by atoms with Gasteiger partial charge in [-0.25, -0.2) is 0 Å². The van der Waals surface area contributed by atoms with Crippen molar-refractivity contribution in [3.05, 3.63) is 41.5 Å². The maximum absolute atomic E-state index is 14.9. The third-order valence-corrected chi connectivity index (χ3v) is 13.2. The second-order valence-electron chi connectivity index (χ2n) is 19.4. The number of fused-ring (bicyclic) bond motifs is 4. The average Bonchev–Trinajstić information content (AvgIpc) is 3.85. The lowest BCUT2D eigenvalue weighted by molar-refractivity contribution is -0.298. The quantitative estimate of drug-likeness (QED) is 0.0578. The number of carbonyl (C=O) groups excluding carboxylic acids is 4. The summed E-state index contributed by atoms with van der Waals surface area (Å²) >= 11 is 0. The highest BCUT2D eigenvalue weighted by molar-refractivity contribution is 5.94. The molecule has 12 atom stereocenters. The first kappa shape index (κ1) is 52.8. The molecule has 19 nitrogen and oxygen atoms in total. The zero-order valence-corrected chi connectivity index (χ0v) is 39.5. The van der Waals surface area contributed by atoms with E-state index in [0.717, 1.165) is 38.5 Å². The summed E-state index contributed by atoms with van der Waals surface area (Å²) in [7, 11) is 0. The first-order valence-corrected chi connectivity index (χ1v) is 24.1. The van der Waals surface area contributed by atoms with E-state index in [0.29, 0.717) is 24.0 Å². The van der Waals surface area contributed by atoms with Crippen LogP contribution in [0.2, 0.25) is 0 Å². The molecule has 376 valence electrons. The molecule has 4 aliphatic heterocycles. The number of hydrogen-bond donors (Lipinski definition) is 7. The first-order chi connectivity index (χ1) is 32.0. The summed E-state index contributed by atoms with van der Waals surface area (Å²) in [6.45, 7) is 8.38. The molecule has 1 aromatic carbocycles. The Bertz CT molecular complexity index is 1850. The van der Waals surface area contributed by atoms with Gasteiger partial charge in [-0.05, 0) is 51.2 Å². The Morgan fingerprint density at radius 1 is 0.955 bits per heavy atom. The van der Waals surface area contributed by atoms with Crippen molar-refractivity contribution >= 4 is 29.8 Å². The fourth-order valence-corrected chi connectivity index (χ4v) is 9.88. The summed E-state index contributed by atoms with van der Waals surface area (Å²) in [4.78, 5) is 61.5. The predicted molar refractivity (Wildman–Crippen MR) is 239 cm³/mol. The van der Waals surface area contributed by atoms with Crippen LogP contribution in [0.15, 0.2) is 30.3 Å². The van der Waals surface area contributed by atoms with Gasteiger partial charge in [0.25, 0.3) is 0 Å². The van der Waals surface area contributed by atoms with Crippen LogP contribution in [0.3, 0.4) is 0 Å². The smallest absolute Gasteiger partial charge is 0.327 e. The third kappa shape index (κ3) is 12.4. The molecule has 2 amide bonds. The molecule has 6 rings (SSSR count). The van der Waals surface area contributed by atoms with Crippen molar-refractivity contribution in [1.82, 2.24) is 15.7 Å². The third-order valence-electron chi connectivity index (χ3n) is 13.2. The SMILES string of the molecule is CCCCCC1(CCCCC)O[C@@H]2[C@H](O1)[C@H]1ON(Cc3ccccc3C=CCO[C@H]3O[C@H](CO)[C@H](O)[C@H](O)[C@H]3O)[C@@H]3C(=O)O[C@@H]2C[C@]13C(=O)NCCC(=O)N[C@H](CO)CCC(=O)OC(C)(C)C. The minimum Gasteiger partial charge on any atom is -0.460 e. The van der Waals surface area contributed by atoms with Crippen molar-refractivity contribution in [2.45, 2.75) is 197 Å². The van der Waals surface area contributed by atoms with E-state index < -0.39 is 121 Å². The molecule has 67 heavy (non-hydrogen) atoms. The lowest BCUT2D eigenvalue weighted by Crippen LogP contribution is -2.69. The van der Waals surface area contributed by atoms with Crippen LogP contribution in [0.1, 0.15) is 123 Å². The van der Waals surface area contributed by atoms with Gasteiger partial charge in [-0.15, -0.1) is 0 Å². The average molecular weight is 948 g/mol. The fourth-order valence-electron chi connectivity index (χ4n) is 9.88. The van der Waals surface area contributed by atoms with Crippen LogP contribution in [0.5, 0.6) is 0 Å². The number of rotatable bonds is 24. The number of amides is 2. The lowest BCUT2D eigenvalue weighted by atomic mass is 9.62. The number of ether oxygens (including phenoxy) is 6. The summed E-state index contributed by atoms with van der Waals surface area (Å²) in [6, 6.07) is 5.43. The highest BCUT2D eigenvalue weighted by Crippen LogP contribution is 2.58. The molecule has 7 N–H and O–H groups in total.